The second-order valence-corrected chi connectivity index (χ2v) is 7.33. The molecule has 1 aliphatic carbocycles. The minimum absolute atomic E-state index is 0.0965. The summed E-state index contributed by atoms with van der Waals surface area (Å²) in [5.74, 6) is 1.01. The number of likely N-dealkylation sites (tertiary alicyclic amines) is 1. The first kappa shape index (κ1) is 15.3. The van der Waals surface area contributed by atoms with Gasteiger partial charge in [0.25, 0.3) is 5.91 Å². The highest BCUT2D eigenvalue weighted by atomic mass is 79.9. The average molecular weight is 372 g/mol. The van der Waals surface area contributed by atoms with E-state index in [1.807, 2.05) is 4.90 Å². The van der Waals surface area contributed by atoms with Crippen LogP contribution in [0.15, 0.2) is 22.7 Å². The zero-order chi connectivity index (χ0) is 14.8. The van der Waals surface area contributed by atoms with Crippen LogP contribution in [-0.4, -0.2) is 36.5 Å². The Morgan fingerprint density at radius 3 is 2.62 bits per heavy atom. The van der Waals surface area contributed by atoms with Crippen molar-refractivity contribution in [3.8, 4) is 0 Å². The molecule has 114 valence electrons. The predicted molar refractivity (Wildman–Crippen MR) is 88.8 cm³/mol. The fourth-order valence-electron chi connectivity index (χ4n) is 2.78. The van der Waals surface area contributed by atoms with E-state index in [4.69, 9.17) is 11.6 Å². The van der Waals surface area contributed by atoms with Gasteiger partial charge in [0.2, 0.25) is 0 Å². The molecular formula is C16H20BrClN2O. The SMILES string of the molecule is O=C(c1ccc(Cl)cc1Br)N1CCC(NCC2CC2)CC1. The van der Waals surface area contributed by atoms with Gasteiger partial charge in [-0.15, -0.1) is 0 Å². The molecule has 1 amide bonds. The van der Waals surface area contributed by atoms with Gasteiger partial charge in [-0.3, -0.25) is 4.79 Å². The molecular weight excluding hydrogens is 352 g/mol. The quantitative estimate of drug-likeness (QED) is 0.875. The monoisotopic (exact) mass is 370 g/mol. The van der Waals surface area contributed by atoms with Gasteiger partial charge in [0, 0.05) is 28.6 Å². The lowest BCUT2D eigenvalue weighted by molar-refractivity contribution is 0.0704. The summed E-state index contributed by atoms with van der Waals surface area (Å²) in [6, 6.07) is 5.91. The van der Waals surface area contributed by atoms with Crippen molar-refractivity contribution >= 4 is 33.4 Å². The third-order valence-corrected chi connectivity index (χ3v) is 5.23. The van der Waals surface area contributed by atoms with Gasteiger partial charge in [0.1, 0.15) is 0 Å². The molecule has 0 unspecified atom stereocenters. The summed E-state index contributed by atoms with van der Waals surface area (Å²) in [6.07, 6.45) is 4.86. The van der Waals surface area contributed by atoms with Crippen molar-refractivity contribution in [1.29, 1.82) is 0 Å². The predicted octanol–water partition coefficient (Wildman–Crippen LogP) is 3.71. The highest BCUT2D eigenvalue weighted by Crippen LogP contribution is 2.28. The highest BCUT2D eigenvalue weighted by Gasteiger charge is 2.26. The van der Waals surface area contributed by atoms with Crippen molar-refractivity contribution in [3.63, 3.8) is 0 Å². The Hall–Kier alpha value is -0.580. The van der Waals surface area contributed by atoms with Crippen LogP contribution in [0.25, 0.3) is 0 Å². The van der Waals surface area contributed by atoms with Crippen LogP contribution < -0.4 is 5.32 Å². The Morgan fingerprint density at radius 2 is 2.00 bits per heavy atom. The zero-order valence-corrected chi connectivity index (χ0v) is 14.3. The number of nitrogens with one attached hydrogen (secondary N) is 1. The molecule has 1 N–H and O–H groups in total. The van der Waals surface area contributed by atoms with Crippen molar-refractivity contribution in [2.24, 2.45) is 5.92 Å². The van der Waals surface area contributed by atoms with Crippen LogP contribution in [0.3, 0.4) is 0 Å². The van der Waals surface area contributed by atoms with Crippen LogP contribution in [0.4, 0.5) is 0 Å². The van der Waals surface area contributed by atoms with E-state index in [0.717, 1.165) is 42.9 Å². The summed E-state index contributed by atoms with van der Waals surface area (Å²) in [5.41, 5.74) is 0.698. The number of halogens is 2. The smallest absolute Gasteiger partial charge is 0.255 e. The number of hydrogen-bond acceptors (Lipinski definition) is 2. The first-order valence-electron chi connectivity index (χ1n) is 7.61. The molecule has 3 nitrogen and oxygen atoms in total. The molecule has 1 saturated heterocycles. The summed E-state index contributed by atoms with van der Waals surface area (Å²) in [5, 5.41) is 4.28. The second kappa shape index (κ2) is 6.67. The fourth-order valence-corrected chi connectivity index (χ4v) is 3.63. The maximum Gasteiger partial charge on any atom is 0.255 e. The van der Waals surface area contributed by atoms with Gasteiger partial charge in [0.05, 0.1) is 5.56 Å². The molecule has 21 heavy (non-hydrogen) atoms. The van der Waals surface area contributed by atoms with Gasteiger partial charge < -0.3 is 10.2 Å². The molecule has 3 rings (SSSR count). The largest absolute Gasteiger partial charge is 0.338 e. The normalized spacial score (nSPS) is 19.8. The molecule has 1 heterocycles. The number of carbonyl (C=O) groups is 1. The van der Waals surface area contributed by atoms with Crippen molar-refractivity contribution in [2.45, 2.75) is 31.7 Å². The number of nitrogens with zero attached hydrogens (tertiary/aromatic N) is 1. The van der Waals surface area contributed by atoms with Crippen LogP contribution in [0, 0.1) is 5.92 Å². The van der Waals surface area contributed by atoms with Gasteiger partial charge in [-0.25, -0.2) is 0 Å². The maximum absolute atomic E-state index is 12.5. The molecule has 1 aliphatic heterocycles. The lowest BCUT2D eigenvalue weighted by Gasteiger charge is -2.32. The summed E-state index contributed by atoms with van der Waals surface area (Å²) in [7, 11) is 0. The second-order valence-electron chi connectivity index (χ2n) is 6.04. The van der Waals surface area contributed by atoms with Crippen molar-refractivity contribution in [1.82, 2.24) is 10.2 Å². The minimum atomic E-state index is 0.0965. The van der Waals surface area contributed by atoms with Crippen LogP contribution in [0.2, 0.25) is 5.02 Å². The zero-order valence-electron chi connectivity index (χ0n) is 11.9. The Balaban J connectivity index is 1.54. The maximum atomic E-state index is 12.5. The standard InChI is InChI=1S/C16H20BrClN2O/c17-15-9-12(18)3-4-14(15)16(21)20-7-5-13(6-8-20)19-10-11-1-2-11/h3-4,9,11,13,19H,1-2,5-8,10H2. The van der Waals surface area contributed by atoms with Gasteiger partial charge >= 0.3 is 0 Å². The van der Waals surface area contributed by atoms with Crippen LogP contribution in [0.1, 0.15) is 36.0 Å². The Labute approximate surface area is 139 Å². The first-order chi connectivity index (χ1) is 10.1. The van der Waals surface area contributed by atoms with E-state index in [9.17, 15) is 4.79 Å². The summed E-state index contributed by atoms with van der Waals surface area (Å²) >= 11 is 9.36. The van der Waals surface area contributed by atoms with E-state index in [0.29, 0.717) is 16.6 Å². The van der Waals surface area contributed by atoms with Gasteiger partial charge in [0.15, 0.2) is 0 Å². The highest BCUT2D eigenvalue weighted by molar-refractivity contribution is 9.10. The number of rotatable bonds is 4. The van der Waals surface area contributed by atoms with Crippen molar-refractivity contribution < 1.29 is 4.79 Å². The average Bonchev–Trinajstić information content (AvgIpc) is 3.29. The third-order valence-electron chi connectivity index (χ3n) is 4.34. The molecule has 2 fully saturated rings. The Kier molecular flexibility index (Phi) is 4.87. The van der Waals surface area contributed by atoms with Crippen molar-refractivity contribution in [3.05, 3.63) is 33.3 Å². The molecule has 1 aromatic rings. The van der Waals surface area contributed by atoms with Gasteiger partial charge in [-0.2, -0.15) is 0 Å². The molecule has 0 radical (unpaired) electrons. The lowest BCUT2D eigenvalue weighted by atomic mass is 10.0. The molecule has 0 bridgehead atoms. The van der Waals surface area contributed by atoms with E-state index in [1.54, 1.807) is 18.2 Å². The summed E-state index contributed by atoms with van der Waals surface area (Å²) in [6.45, 7) is 2.81. The van der Waals surface area contributed by atoms with E-state index < -0.39 is 0 Å². The molecule has 2 aliphatic rings. The third kappa shape index (κ3) is 3.99. The van der Waals surface area contributed by atoms with Crippen LogP contribution in [0.5, 0.6) is 0 Å². The Bertz CT molecular complexity index is 525. The number of piperidine rings is 1. The molecule has 0 aromatic heterocycles. The van der Waals surface area contributed by atoms with E-state index in [1.165, 1.54) is 12.8 Å². The number of amides is 1. The minimum Gasteiger partial charge on any atom is -0.338 e. The Morgan fingerprint density at radius 1 is 1.29 bits per heavy atom. The van der Waals surface area contributed by atoms with Crippen LogP contribution in [-0.2, 0) is 0 Å². The van der Waals surface area contributed by atoms with E-state index in [2.05, 4.69) is 21.2 Å². The topological polar surface area (TPSA) is 32.3 Å². The fraction of sp³-hybridized carbons (Fsp3) is 0.562. The number of hydrogen-bond donors (Lipinski definition) is 1. The van der Waals surface area contributed by atoms with Crippen LogP contribution >= 0.6 is 27.5 Å². The molecule has 0 spiro atoms. The molecule has 0 atom stereocenters. The number of carbonyl (C=O) groups excluding carboxylic acids is 1. The van der Waals surface area contributed by atoms with E-state index in [-0.39, 0.29) is 5.91 Å². The summed E-state index contributed by atoms with van der Waals surface area (Å²) in [4.78, 5) is 14.5. The van der Waals surface area contributed by atoms with Gasteiger partial charge in [-0.1, -0.05) is 11.6 Å². The number of benzene rings is 1. The molecule has 5 heteroatoms. The lowest BCUT2D eigenvalue weighted by Crippen LogP contribution is -2.45. The van der Waals surface area contributed by atoms with Gasteiger partial charge in [-0.05, 0) is 72.3 Å². The summed E-state index contributed by atoms with van der Waals surface area (Å²) < 4.78 is 0.772. The van der Waals surface area contributed by atoms with E-state index >= 15 is 0 Å². The van der Waals surface area contributed by atoms with Crippen molar-refractivity contribution in [2.75, 3.05) is 19.6 Å². The molecule has 1 saturated carbocycles. The molecule has 1 aromatic carbocycles. The first-order valence-corrected chi connectivity index (χ1v) is 8.78.